The molecule has 0 atom stereocenters. The topological polar surface area (TPSA) is 58.6 Å². The third kappa shape index (κ3) is 3.93. The van der Waals surface area contributed by atoms with Crippen LogP contribution in [0.25, 0.3) is 5.57 Å². The highest BCUT2D eigenvalue weighted by atomic mass is 16.5. The summed E-state index contributed by atoms with van der Waals surface area (Å²) in [5, 5.41) is 3.19. The second kappa shape index (κ2) is 7.89. The monoisotopic (exact) mass is 378 g/mol. The molecule has 0 aromatic heterocycles. The molecule has 5 nitrogen and oxygen atoms in total. The molecule has 0 fully saturated rings. The zero-order chi connectivity index (χ0) is 20.4. The number of amides is 2. The van der Waals surface area contributed by atoms with Crippen LogP contribution in [0.3, 0.4) is 0 Å². The molecular weight excluding hydrogens is 352 g/mol. The van der Waals surface area contributed by atoms with Crippen LogP contribution in [0.2, 0.25) is 0 Å². The number of benzene rings is 2. The van der Waals surface area contributed by atoms with Gasteiger partial charge in [0.1, 0.15) is 11.4 Å². The van der Waals surface area contributed by atoms with Crippen LogP contribution in [-0.2, 0) is 9.59 Å². The van der Waals surface area contributed by atoms with Crippen molar-refractivity contribution in [3.05, 3.63) is 64.9 Å². The van der Waals surface area contributed by atoms with E-state index in [-0.39, 0.29) is 11.8 Å². The van der Waals surface area contributed by atoms with E-state index in [1.54, 1.807) is 0 Å². The van der Waals surface area contributed by atoms with Crippen molar-refractivity contribution in [3.8, 4) is 5.75 Å². The highest BCUT2D eigenvalue weighted by Gasteiger charge is 2.36. The Labute approximate surface area is 166 Å². The van der Waals surface area contributed by atoms with E-state index in [2.05, 4.69) is 19.2 Å². The fourth-order valence-electron chi connectivity index (χ4n) is 3.09. The number of hydrogen-bond donors (Lipinski definition) is 1. The summed E-state index contributed by atoms with van der Waals surface area (Å²) >= 11 is 0. The third-order valence-electron chi connectivity index (χ3n) is 4.65. The molecule has 1 aliphatic heterocycles. The minimum atomic E-state index is -0.333. The number of hydrogen-bond acceptors (Lipinski definition) is 4. The quantitative estimate of drug-likeness (QED) is 0.767. The van der Waals surface area contributed by atoms with Gasteiger partial charge in [0.25, 0.3) is 11.8 Å². The number of carbonyl (C=O) groups is 2. The summed E-state index contributed by atoms with van der Waals surface area (Å²) in [4.78, 5) is 26.6. The smallest absolute Gasteiger partial charge is 0.277 e. The van der Waals surface area contributed by atoms with Crippen LogP contribution in [-0.4, -0.2) is 30.4 Å². The summed E-state index contributed by atoms with van der Waals surface area (Å²) in [5.41, 5.74) is 4.33. The zero-order valence-corrected chi connectivity index (χ0v) is 17.0. The van der Waals surface area contributed by atoms with Gasteiger partial charge in [0, 0.05) is 12.7 Å². The molecule has 1 aliphatic rings. The lowest BCUT2D eigenvalue weighted by Crippen LogP contribution is -2.28. The van der Waals surface area contributed by atoms with Crippen molar-refractivity contribution in [2.24, 2.45) is 5.92 Å². The van der Waals surface area contributed by atoms with Gasteiger partial charge in [0.15, 0.2) is 0 Å². The maximum absolute atomic E-state index is 12.7. The Morgan fingerprint density at radius 1 is 1.00 bits per heavy atom. The van der Waals surface area contributed by atoms with Crippen molar-refractivity contribution in [1.82, 2.24) is 4.90 Å². The molecule has 146 valence electrons. The Morgan fingerprint density at radius 3 is 2.29 bits per heavy atom. The molecule has 2 aromatic rings. The Morgan fingerprint density at radius 2 is 1.68 bits per heavy atom. The molecule has 0 unspecified atom stereocenters. The zero-order valence-electron chi connectivity index (χ0n) is 17.0. The number of carbonyl (C=O) groups excluding carboxylic acids is 2. The maximum Gasteiger partial charge on any atom is 0.277 e. The molecule has 2 amide bonds. The number of nitrogens with one attached hydrogen (secondary N) is 1. The minimum Gasteiger partial charge on any atom is -0.493 e. The summed E-state index contributed by atoms with van der Waals surface area (Å²) in [6.07, 6.45) is 0. The molecule has 5 heteroatoms. The Balaban J connectivity index is 1.96. The molecule has 1 heterocycles. The third-order valence-corrected chi connectivity index (χ3v) is 4.65. The fourth-order valence-corrected chi connectivity index (χ4v) is 3.09. The van der Waals surface area contributed by atoms with Gasteiger partial charge in [-0.3, -0.25) is 14.5 Å². The highest BCUT2D eigenvalue weighted by molar-refractivity contribution is 6.36. The SMILES string of the molecule is Cc1ccc(NC2=C(c3ccc(OCC(C)C)cc3)C(=O)N(C)C2=O)c(C)c1. The van der Waals surface area contributed by atoms with E-state index in [1.165, 1.54) is 7.05 Å². The maximum atomic E-state index is 12.7. The van der Waals surface area contributed by atoms with Crippen molar-refractivity contribution >= 4 is 23.1 Å². The molecule has 2 aromatic carbocycles. The second-order valence-corrected chi connectivity index (χ2v) is 7.59. The van der Waals surface area contributed by atoms with Crippen molar-refractivity contribution in [1.29, 1.82) is 0 Å². The average Bonchev–Trinajstić information content (AvgIpc) is 2.86. The second-order valence-electron chi connectivity index (χ2n) is 7.59. The number of likely N-dealkylation sites (N-methyl/N-ethyl adjacent to an activating group) is 1. The first-order valence-corrected chi connectivity index (χ1v) is 9.42. The first-order valence-electron chi connectivity index (χ1n) is 9.42. The largest absolute Gasteiger partial charge is 0.493 e. The van der Waals surface area contributed by atoms with E-state index in [0.717, 1.165) is 27.5 Å². The number of nitrogens with zero attached hydrogens (tertiary/aromatic N) is 1. The first-order chi connectivity index (χ1) is 13.3. The van der Waals surface area contributed by atoms with Crippen LogP contribution >= 0.6 is 0 Å². The van der Waals surface area contributed by atoms with Crippen molar-refractivity contribution in [2.75, 3.05) is 19.0 Å². The molecule has 0 saturated carbocycles. The molecule has 1 N–H and O–H groups in total. The summed E-state index contributed by atoms with van der Waals surface area (Å²) in [7, 11) is 1.50. The lowest BCUT2D eigenvalue weighted by molar-refractivity contribution is -0.135. The summed E-state index contributed by atoms with van der Waals surface area (Å²) in [5.74, 6) is 0.527. The van der Waals surface area contributed by atoms with Gasteiger partial charge in [0.05, 0.1) is 12.2 Å². The van der Waals surface area contributed by atoms with E-state index in [1.807, 2.05) is 56.3 Å². The molecule has 0 saturated heterocycles. The number of imide groups is 1. The van der Waals surface area contributed by atoms with Gasteiger partial charge in [-0.2, -0.15) is 0 Å². The van der Waals surface area contributed by atoms with E-state index in [0.29, 0.717) is 29.4 Å². The van der Waals surface area contributed by atoms with Gasteiger partial charge in [0.2, 0.25) is 0 Å². The van der Waals surface area contributed by atoms with Crippen molar-refractivity contribution in [2.45, 2.75) is 27.7 Å². The lowest BCUT2D eigenvalue weighted by Gasteiger charge is -2.12. The van der Waals surface area contributed by atoms with Crippen LogP contribution < -0.4 is 10.1 Å². The van der Waals surface area contributed by atoms with Gasteiger partial charge >= 0.3 is 0 Å². The predicted molar refractivity (Wildman–Crippen MR) is 111 cm³/mol. The molecule has 0 bridgehead atoms. The number of ether oxygens (including phenoxy) is 1. The Bertz CT molecular complexity index is 943. The molecule has 28 heavy (non-hydrogen) atoms. The van der Waals surface area contributed by atoms with Gasteiger partial charge < -0.3 is 10.1 Å². The van der Waals surface area contributed by atoms with Crippen molar-refractivity contribution in [3.63, 3.8) is 0 Å². The fraction of sp³-hybridized carbons (Fsp3) is 0.304. The summed E-state index contributed by atoms with van der Waals surface area (Å²) < 4.78 is 5.71. The van der Waals surface area contributed by atoms with Crippen LogP contribution in [0.5, 0.6) is 5.75 Å². The van der Waals surface area contributed by atoms with Crippen molar-refractivity contribution < 1.29 is 14.3 Å². The van der Waals surface area contributed by atoms with E-state index in [9.17, 15) is 9.59 Å². The number of aryl methyl sites for hydroxylation is 2. The minimum absolute atomic E-state index is 0.301. The molecule has 0 radical (unpaired) electrons. The first kappa shape index (κ1) is 19.7. The van der Waals surface area contributed by atoms with Gasteiger partial charge in [-0.25, -0.2) is 0 Å². The number of rotatable bonds is 6. The molecule has 0 spiro atoms. The van der Waals surface area contributed by atoms with Crippen LogP contribution in [0.4, 0.5) is 5.69 Å². The van der Waals surface area contributed by atoms with Crippen LogP contribution in [0.1, 0.15) is 30.5 Å². The molecule has 3 rings (SSSR count). The lowest BCUT2D eigenvalue weighted by atomic mass is 10.0. The van der Waals surface area contributed by atoms with E-state index in [4.69, 9.17) is 4.74 Å². The van der Waals surface area contributed by atoms with Crippen LogP contribution in [0, 0.1) is 19.8 Å². The Kier molecular flexibility index (Phi) is 5.54. The summed E-state index contributed by atoms with van der Waals surface area (Å²) in [6, 6.07) is 13.2. The van der Waals surface area contributed by atoms with Crippen LogP contribution in [0.15, 0.2) is 48.2 Å². The summed E-state index contributed by atoms with van der Waals surface area (Å²) in [6.45, 7) is 8.79. The van der Waals surface area contributed by atoms with Gasteiger partial charge in [-0.15, -0.1) is 0 Å². The molecular formula is C23H26N2O3. The molecule has 0 aliphatic carbocycles. The average molecular weight is 378 g/mol. The Hall–Kier alpha value is -3.08. The highest BCUT2D eigenvalue weighted by Crippen LogP contribution is 2.31. The standard InChI is InChI=1S/C23H26N2O3/c1-14(2)13-28-18-9-7-17(8-10-18)20-21(23(27)25(5)22(20)26)24-19-11-6-15(3)12-16(19)4/h6-12,14,24H,13H2,1-5H3. The van der Waals surface area contributed by atoms with Gasteiger partial charge in [-0.1, -0.05) is 43.7 Å². The number of anilines is 1. The van der Waals surface area contributed by atoms with Gasteiger partial charge in [-0.05, 0) is 49.1 Å². The normalized spacial score (nSPS) is 14.3. The van der Waals surface area contributed by atoms with E-state index >= 15 is 0 Å². The predicted octanol–water partition coefficient (Wildman–Crippen LogP) is 4.16. The van der Waals surface area contributed by atoms with E-state index < -0.39 is 0 Å².